The summed E-state index contributed by atoms with van der Waals surface area (Å²) in [5, 5.41) is 17.0. The fourth-order valence-corrected chi connectivity index (χ4v) is 3.88. The topological polar surface area (TPSA) is 113 Å². The van der Waals surface area contributed by atoms with Crippen molar-refractivity contribution in [3.8, 4) is 17.6 Å². The summed E-state index contributed by atoms with van der Waals surface area (Å²) in [6, 6.07) is 10.8. The Kier molecular flexibility index (Phi) is 8.01. The molecule has 0 bridgehead atoms. The number of anilines is 2. The van der Waals surface area contributed by atoms with E-state index in [1.807, 2.05) is 39.0 Å². The first-order valence-corrected chi connectivity index (χ1v) is 11.2. The van der Waals surface area contributed by atoms with E-state index < -0.39 is 5.91 Å². The van der Waals surface area contributed by atoms with Crippen LogP contribution in [0.1, 0.15) is 22.3 Å². The molecule has 0 saturated heterocycles. The van der Waals surface area contributed by atoms with E-state index in [0.29, 0.717) is 22.2 Å². The van der Waals surface area contributed by atoms with Crippen LogP contribution in [0.2, 0.25) is 0 Å². The van der Waals surface area contributed by atoms with E-state index in [-0.39, 0.29) is 18.1 Å². The van der Waals surface area contributed by atoms with E-state index in [1.54, 1.807) is 29.8 Å². The second-order valence-corrected chi connectivity index (χ2v) is 8.38. The van der Waals surface area contributed by atoms with Gasteiger partial charge >= 0.3 is 0 Å². The lowest BCUT2D eigenvalue weighted by molar-refractivity contribution is -0.118. The Balaban J connectivity index is 1.69. The quantitative estimate of drug-likeness (QED) is 0.362. The van der Waals surface area contributed by atoms with Gasteiger partial charge in [-0.2, -0.15) is 5.26 Å². The molecule has 9 heteroatoms. The molecule has 3 aromatic rings. The van der Waals surface area contributed by atoms with Gasteiger partial charge in [-0.3, -0.25) is 14.9 Å². The number of ether oxygens (including phenoxy) is 2. The first-order valence-electron chi connectivity index (χ1n) is 10.3. The summed E-state index contributed by atoms with van der Waals surface area (Å²) in [4.78, 5) is 28.8. The van der Waals surface area contributed by atoms with Crippen LogP contribution in [0, 0.1) is 32.1 Å². The number of methoxy groups -OCH3 is 1. The van der Waals surface area contributed by atoms with Gasteiger partial charge in [0.15, 0.2) is 23.2 Å². The van der Waals surface area contributed by atoms with Gasteiger partial charge in [0.25, 0.3) is 11.8 Å². The number of aromatic nitrogens is 1. The van der Waals surface area contributed by atoms with E-state index >= 15 is 0 Å². The summed E-state index contributed by atoms with van der Waals surface area (Å²) in [6.07, 6.45) is 2.99. The van der Waals surface area contributed by atoms with Crippen molar-refractivity contribution in [3.05, 3.63) is 69.7 Å². The Morgan fingerprint density at radius 1 is 1.12 bits per heavy atom. The van der Waals surface area contributed by atoms with E-state index in [0.717, 1.165) is 22.4 Å². The van der Waals surface area contributed by atoms with Crippen LogP contribution in [0.3, 0.4) is 0 Å². The third-order valence-corrected chi connectivity index (χ3v) is 5.51. The van der Waals surface area contributed by atoms with E-state index in [2.05, 4.69) is 15.6 Å². The molecule has 0 aliphatic rings. The number of hydrogen-bond acceptors (Lipinski definition) is 7. The van der Waals surface area contributed by atoms with Gasteiger partial charge in [-0.15, -0.1) is 11.3 Å². The summed E-state index contributed by atoms with van der Waals surface area (Å²) < 4.78 is 11.0. The molecule has 0 unspecified atom stereocenters. The third-order valence-electron chi connectivity index (χ3n) is 4.82. The molecule has 8 nitrogen and oxygen atoms in total. The molecule has 0 spiro atoms. The molecule has 2 aromatic carbocycles. The van der Waals surface area contributed by atoms with Crippen molar-refractivity contribution in [3.63, 3.8) is 0 Å². The van der Waals surface area contributed by atoms with Crippen molar-refractivity contribution >= 4 is 40.0 Å². The molecule has 2 N–H and O–H groups in total. The largest absolute Gasteiger partial charge is 0.493 e. The molecule has 0 fully saturated rings. The Morgan fingerprint density at radius 3 is 2.47 bits per heavy atom. The molecule has 0 saturated carbocycles. The average molecular weight is 477 g/mol. The number of nitrogens with one attached hydrogen (secondary N) is 2. The summed E-state index contributed by atoms with van der Waals surface area (Å²) in [5.74, 6) is -0.137. The van der Waals surface area contributed by atoms with Gasteiger partial charge in [0.05, 0.1) is 7.11 Å². The normalized spacial score (nSPS) is 10.9. The van der Waals surface area contributed by atoms with Gasteiger partial charge in [0.1, 0.15) is 11.6 Å². The monoisotopic (exact) mass is 476 g/mol. The van der Waals surface area contributed by atoms with Crippen LogP contribution in [0.25, 0.3) is 6.08 Å². The molecular formula is C25H24N4O4S. The highest BCUT2D eigenvalue weighted by Crippen LogP contribution is 2.29. The summed E-state index contributed by atoms with van der Waals surface area (Å²) >= 11 is 1.25. The summed E-state index contributed by atoms with van der Waals surface area (Å²) in [6.45, 7) is 5.68. The predicted octanol–water partition coefficient (Wildman–Crippen LogP) is 4.64. The maximum atomic E-state index is 12.5. The lowest BCUT2D eigenvalue weighted by Gasteiger charge is -2.14. The van der Waals surface area contributed by atoms with Gasteiger partial charge < -0.3 is 14.8 Å². The number of hydrogen-bond donors (Lipinski definition) is 2. The second-order valence-electron chi connectivity index (χ2n) is 7.48. The van der Waals surface area contributed by atoms with Crippen LogP contribution in [-0.4, -0.2) is 30.5 Å². The van der Waals surface area contributed by atoms with Crippen molar-refractivity contribution in [1.82, 2.24) is 4.98 Å². The molecule has 0 radical (unpaired) electrons. The summed E-state index contributed by atoms with van der Waals surface area (Å²) in [7, 11) is 1.47. The first-order chi connectivity index (χ1) is 16.3. The molecule has 34 heavy (non-hydrogen) atoms. The Bertz CT molecular complexity index is 1250. The van der Waals surface area contributed by atoms with Crippen molar-refractivity contribution < 1.29 is 19.1 Å². The second kappa shape index (κ2) is 11.1. The van der Waals surface area contributed by atoms with Gasteiger partial charge in [-0.05, 0) is 55.7 Å². The number of nitriles is 1. The maximum absolute atomic E-state index is 12.5. The predicted molar refractivity (Wildman–Crippen MR) is 132 cm³/mol. The number of benzene rings is 2. The van der Waals surface area contributed by atoms with Gasteiger partial charge in [-0.25, -0.2) is 4.98 Å². The number of thiazole rings is 1. The maximum Gasteiger partial charge on any atom is 0.268 e. The molecule has 1 heterocycles. The number of carbonyl (C=O) groups is 2. The van der Waals surface area contributed by atoms with E-state index in [4.69, 9.17) is 9.47 Å². The number of carbonyl (C=O) groups excluding carboxylic acids is 2. The lowest BCUT2D eigenvalue weighted by Crippen LogP contribution is -2.21. The van der Waals surface area contributed by atoms with Crippen molar-refractivity contribution in [2.45, 2.75) is 20.8 Å². The van der Waals surface area contributed by atoms with Crippen LogP contribution in [0.4, 0.5) is 10.8 Å². The molecule has 1 aromatic heterocycles. The van der Waals surface area contributed by atoms with Crippen molar-refractivity contribution in [2.75, 3.05) is 24.4 Å². The van der Waals surface area contributed by atoms with Crippen LogP contribution in [-0.2, 0) is 9.59 Å². The molecule has 174 valence electrons. The van der Waals surface area contributed by atoms with Crippen LogP contribution in [0.5, 0.6) is 11.5 Å². The van der Waals surface area contributed by atoms with Crippen molar-refractivity contribution in [1.29, 1.82) is 5.26 Å². The highest BCUT2D eigenvalue weighted by Gasteiger charge is 2.14. The van der Waals surface area contributed by atoms with Gasteiger partial charge in [0, 0.05) is 17.3 Å². The third kappa shape index (κ3) is 6.21. The minimum Gasteiger partial charge on any atom is -0.493 e. The van der Waals surface area contributed by atoms with E-state index in [1.165, 1.54) is 24.5 Å². The molecule has 0 aliphatic heterocycles. The Hall–Kier alpha value is -4.16. The highest BCUT2D eigenvalue weighted by atomic mass is 32.1. The minimum atomic E-state index is -0.560. The standard InChI is InChI=1S/C25H24N4O4S/c1-15-9-16(2)23(17(3)10-15)28-22(30)14-33-20-6-5-18(12-21(20)32-4)11-19(13-26)24(31)29-25-27-7-8-34-25/h5-12H,14H2,1-4H3,(H,28,30)(H,27,29,31)/b19-11+. The lowest BCUT2D eigenvalue weighted by atomic mass is 10.1. The SMILES string of the molecule is COc1cc(/C=C(\C#N)C(=O)Nc2nccs2)ccc1OCC(=O)Nc1c(C)cc(C)cc1C. The zero-order valence-electron chi connectivity index (χ0n) is 19.3. The molecular weight excluding hydrogens is 452 g/mol. The molecule has 3 rings (SSSR count). The number of nitrogens with zero attached hydrogens (tertiary/aromatic N) is 2. The van der Waals surface area contributed by atoms with Crippen LogP contribution < -0.4 is 20.1 Å². The van der Waals surface area contributed by atoms with Crippen LogP contribution in [0.15, 0.2) is 47.5 Å². The Labute approximate surface area is 201 Å². The van der Waals surface area contributed by atoms with E-state index in [9.17, 15) is 14.9 Å². The number of amides is 2. The zero-order valence-corrected chi connectivity index (χ0v) is 20.1. The fourth-order valence-electron chi connectivity index (χ4n) is 3.35. The van der Waals surface area contributed by atoms with Crippen LogP contribution >= 0.6 is 11.3 Å². The molecule has 0 aliphatic carbocycles. The zero-order chi connectivity index (χ0) is 24.7. The fraction of sp³-hybridized carbons (Fsp3) is 0.200. The molecule has 2 amide bonds. The number of aryl methyl sites for hydroxylation is 3. The van der Waals surface area contributed by atoms with Crippen molar-refractivity contribution in [2.24, 2.45) is 0 Å². The molecule has 0 atom stereocenters. The minimum absolute atomic E-state index is 0.0888. The number of rotatable bonds is 8. The van der Waals surface area contributed by atoms with Gasteiger partial charge in [0.2, 0.25) is 0 Å². The average Bonchev–Trinajstić information content (AvgIpc) is 3.31. The smallest absolute Gasteiger partial charge is 0.268 e. The Morgan fingerprint density at radius 2 is 1.85 bits per heavy atom. The first kappa shape index (κ1) is 24.5. The van der Waals surface area contributed by atoms with Gasteiger partial charge in [-0.1, -0.05) is 23.8 Å². The highest BCUT2D eigenvalue weighted by molar-refractivity contribution is 7.13. The summed E-state index contributed by atoms with van der Waals surface area (Å²) in [5.41, 5.74) is 4.33.